The molecule has 1 aliphatic carbocycles. The van der Waals surface area contributed by atoms with Crippen LogP contribution in [0.25, 0.3) is 0 Å². The van der Waals surface area contributed by atoms with Crippen molar-refractivity contribution in [3.63, 3.8) is 0 Å². The zero-order chi connectivity index (χ0) is 16.8. The molecule has 0 bridgehead atoms. The molecule has 3 rings (SSSR count). The van der Waals surface area contributed by atoms with Crippen LogP contribution in [-0.2, 0) is 9.53 Å². The van der Waals surface area contributed by atoms with Gasteiger partial charge >= 0.3 is 0 Å². The maximum absolute atomic E-state index is 11.6. The second kappa shape index (κ2) is 8.67. The van der Waals surface area contributed by atoms with Gasteiger partial charge in [0.1, 0.15) is 0 Å². The number of nitrogens with one attached hydrogen (secondary N) is 3. The van der Waals surface area contributed by atoms with E-state index in [1.165, 1.54) is 19.4 Å². The van der Waals surface area contributed by atoms with Crippen LogP contribution in [0.3, 0.4) is 0 Å². The lowest BCUT2D eigenvalue weighted by atomic mass is 10.2. The molecule has 3 aliphatic rings. The van der Waals surface area contributed by atoms with Gasteiger partial charge in [0.25, 0.3) is 0 Å². The van der Waals surface area contributed by atoms with Gasteiger partial charge in [0.05, 0.1) is 19.3 Å². The first-order chi connectivity index (χ1) is 11.8. The standard InChI is InChI=1S/C17H31N5O2/c1-2-18-17(20-8-7-19-16(23)13-5-6-13)21-10-15-11-22-9-3-4-14(22)12-24-15/h13-15H,2-12H2,1H3,(H,19,23)(H2,18,20,21). The van der Waals surface area contributed by atoms with Crippen LogP contribution in [0.5, 0.6) is 0 Å². The van der Waals surface area contributed by atoms with E-state index in [2.05, 4.69) is 32.8 Å². The minimum absolute atomic E-state index is 0.185. The maximum atomic E-state index is 11.6. The average molecular weight is 337 g/mol. The first kappa shape index (κ1) is 17.5. The van der Waals surface area contributed by atoms with Crippen molar-refractivity contribution in [3.8, 4) is 0 Å². The van der Waals surface area contributed by atoms with Crippen LogP contribution in [0, 0.1) is 5.92 Å². The number of nitrogens with zero attached hydrogens (tertiary/aromatic N) is 2. The molecule has 136 valence electrons. The summed E-state index contributed by atoms with van der Waals surface area (Å²) in [6.07, 6.45) is 4.84. The van der Waals surface area contributed by atoms with Crippen molar-refractivity contribution >= 4 is 11.9 Å². The highest BCUT2D eigenvalue weighted by molar-refractivity contribution is 5.81. The molecule has 7 nitrogen and oxygen atoms in total. The van der Waals surface area contributed by atoms with E-state index in [4.69, 9.17) is 4.74 Å². The number of ether oxygens (including phenoxy) is 1. The third-order valence-electron chi connectivity index (χ3n) is 4.92. The lowest BCUT2D eigenvalue weighted by molar-refractivity contribution is -0.122. The van der Waals surface area contributed by atoms with Gasteiger partial charge in [0, 0.05) is 38.1 Å². The normalized spacial score (nSPS) is 27.6. The van der Waals surface area contributed by atoms with Crippen LogP contribution in [0.4, 0.5) is 0 Å². The SMILES string of the molecule is CCNC(=NCC1CN2CCCC2CO1)NCCNC(=O)C1CC1. The lowest BCUT2D eigenvalue weighted by Gasteiger charge is -2.34. The Labute approximate surface area is 144 Å². The zero-order valence-electron chi connectivity index (χ0n) is 14.7. The van der Waals surface area contributed by atoms with Crippen LogP contribution < -0.4 is 16.0 Å². The second-order valence-corrected chi connectivity index (χ2v) is 6.96. The Kier molecular flexibility index (Phi) is 6.31. The summed E-state index contributed by atoms with van der Waals surface area (Å²) in [6.45, 7) is 7.90. The summed E-state index contributed by atoms with van der Waals surface area (Å²) in [5, 5.41) is 9.48. The van der Waals surface area contributed by atoms with Crippen molar-refractivity contribution in [2.45, 2.75) is 44.8 Å². The highest BCUT2D eigenvalue weighted by atomic mass is 16.5. The first-order valence-corrected chi connectivity index (χ1v) is 9.41. The molecule has 0 aromatic carbocycles. The van der Waals surface area contributed by atoms with Crippen LogP contribution in [0.1, 0.15) is 32.6 Å². The average Bonchev–Trinajstić information content (AvgIpc) is 3.34. The predicted octanol–water partition coefficient (Wildman–Crippen LogP) is -0.0691. The minimum atomic E-state index is 0.185. The summed E-state index contributed by atoms with van der Waals surface area (Å²) in [6, 6.07) is 0.631. The molecule has 2 unspecified atom stereocenters. The fraction of sp³-hybridized carbons (Fsp3) is 0.882. The summed E-state index contributed by atoms with van der Waals surface area (Å²) in [5.74, 6) is 1.25. The molecule has 0 spiro atoms. The summed E-state index contributed by atoms with van der Waals surface area (Å²) in [5.41, 5.74) is 0. The number of fused-ring (bicyclic) bond motifs is 1. The highest BCUT2D eigenvalue weighted by Crippen LogP contribution is 2.28. The van der Waals surface area contributed by atoms with E-state index in [1.807, 2.05) is 0 Å². The van der Waals surface area contributed by atoms with E-state index in [-0.39, 0.29) is 17.9 Å². The Morgan fingerprint density at radius 1 is 1.21 bits per heavy atom. The zero-order valence-corrected chi connectivity index (χ0v) is 14.7. The molecule has 3 fully saturated rings. The quantitative estimate of drug-likeness (QED) is 0.344. The van der Waals surface area contributed by atoms with Crippen LogP contribution in [-0.4, -0.2) is 74.8 Å². The van der Waals surface area contributed by atoms with E-state index >= 15 is 0 Å². The Bertz CT molecular complexity index is 452. The summed E-state index contributed by atoms with van der Waals surface area (Å²) in [7, 11) is 0. The Hall–Kier alpha value is -1.34. The van der Waals surface area contributed by atoms with Crippen molar-refractivity contribution in [3.05, 3.63) is 0 Å². The fourth-order valence-corrected chi connectivity index (χ4v) is 3.39. The molecule has 2 aliphatic heterocycles. The molecule has 1 amide bonds. The second-order valence-electron chi connectivity index (χ2n) is 6.96. The monoisotopic (exact) mass is 337 g/mol. The summed E-state index contributed by atoms with van der Waals surface area (Å²) >= 11 is 0. The number of hydrogen-bond donors (Lipinski definition) is 3. The van der Waals surface area contributed by atoms with Crippen LogP contribution >= 0.6 is 0 Å². The Balaban J connectivity index is 1.37. The molecule has 2 atom stereocenters. The number of hydrogen-bond acceptors (Lipinski definition) is 4. The van der Waals surface area contributed by atoms with E-state index < -0.39 is 0 Å². The third kappa shape index (κ3) is 5.08. The van der Waals surface area contributed by atoms with Gasteiger partial charge in [-0.3, -0.25) is 14.7 Å². The molecule has 1 saturated carbocycles. The lowest BCUT2D eigenvalue weighted by Crippen LogP contribution is -2.48. The molecule has 0 radical (unpaired) electrons. The molecule has 0 aromatic heterocycles. The van der Waals surface area contributed by atoms with Gasteiger partial charge in [-0.1, -0.05) is 0 Å². The molecule has 24 heavy (non-hydrogen) atoms. The molecule has 2 saturated heterocycles. The first-order valence-electron chi connectivity index (χ1n) is 9.41. The number of rotatable bonds is 7. The Morgan fingerprint density at radius 3 is 2.83 bits per heavy atom. The molecule has 7 heteroatoms. The predicted molar refractivity (Wildman–Crippen MR) is 94.1 cm³/mol. The van der Waals surface area contributed by atoms with Crippen LogP contribution in [0.2, 0.25) is 0 Å². The number of amides is 1. The van der Waals surface area contributed by atoms with E-state index in [0.29, 0.717) is 25.7 Å². The van der Waals surface area contributed by atoms with Crippen molar-refractivity contribution in [2.24, 2.45) is 10.9 Å². The van der Waals surface area contributed by atoms with E-state index in [1.54, 1.807) is 0 Å². The molecule has 2 heterocycles. The van der Waals surface area contributed by atoms with E-state index in [9.17, 15) is 4.79 Å². The summed E-state index contributed by atoms with van der Waals surface area (Å²) < 4.78 is 5.95. The topological polar surface area (TPSA) is 78.0 Å². The largest absolute Gasteiger partial charge is 0.373 e. The van der Waals surface area contributed by atoms with Gasteiger partial charge in [-0.15, -0.1) is 0 Å². The van der Waals surface area contributed by atoms with Crippen molar-refractivity contribution < 1.29 is 9.53 Å². The number of guanidine groups is 1. The van der Waals surface area contributed by atoms with Crippen LogP contribution in [0.15, 0.2) is 4.99 Å². The number of aliphatic imine (C=N–C) groups is 1. The van der Waals surface area contributed by atoms with Gasteiger partial charge < -0.3 is 20.7 Å². The Morgan fingerprint density at radius 2 is 2.04 bits per heavy atom. The van der Waals surface area contributed by atoms with Gasteiger partial charge in [0.15, 0.2) is 5.96 Å². The number of carbonyl (C=O) groups is 1. The van der Waals surface area contributed by atoms with Crippen molar-refractivity contribution in [2.75, 3.05) is 45.9 Å². The molecular weight excluding hydrogens is 306 g/mol. The van der Waals surface area contributed by atoms with Gasteiger partial charge in [-0.05, 0) is 39.2 Å². The van der Waals surface area contributed by atoms with Crippen molar-refractivity contribution in [1.82, 2.24) is 20.9 Å². The molecular formula is C17H31N5O2. The molecule has 0 aromatic rings. The minimum Gasteiger partial charge on any atom is -0.373 e. The number of morpholine rings is 1. The van der Waals surface area contributed by atoms with Gasteiger partial charge in [-0.25, -0.2) is 0 Å². The third-order valence-corrected chi connectivity index (χ3v) is 4.92. The summed E-state index contributed by atoms with van der Waals surface area (Å²) in [4.78, 5) is 18.8. The van der Waals surface area contributed by atoms with Crippen molar-refractivity contribution in [1.29, 1.82) is 0 Å². The van der Waals surface area contributed by atoms with Gasteiger partial charge in [-0.2, -0.15) is 0 Å². The van der Waals surface area contributed by atoms with E-state index in [0.717, 1.165) is 38.5 Å². The highest BCUT2D eigenvalue weighted by Gasteiger charge is 2.32. The fourth-order valence-electron chi connectivity index (χ4n) is 3.39. The maximum Gasteiger partial charge on any atom is 0.223 e. The molecule has 3 N–H and O–H groups in total. The van der Waals surface area contributed by atoms with Gasteiger partial charge in [0.2, 0.25) is 5.91 Å². The number of carbonyl (C=O) groups excluding carboxylic acids is 1. The smallest absolute Gasteiger partial charge is 0.223 e.